The average molecular weight is 310 g/mol. The second-order valence-corrected chi connectivity index (χ2v) is 5.64. The second-order valence-electron chi connectivity index (χ2n) is 5.64. The first-order valence-electron chi connectivity index (χ1n) is 8.04. The number of hydrogen-bond donors (Lipinski definition) is 1. The maximum Gasteiger partial charge on any atom is 0.329 e. The number of aromatic nitrogens is 3. The van der Waals surface area contributed by atoms with Gasteiger partial charge in [-0.05, 0) is 50.7 Å². The van der Waals surface area contributed by atoms with Crippen molar-refractivity contribution in [2.24, 2.45) is 0 Å². The summed E-state index contributed by atoms with van der Waals surface area (Å²) in [5.41, 5.74) is 2.91. The highest BCUT2D eigenvalue weighted by atomic mass is 16.1. The molecule has 0 saturated carbocycles. The van der Waals surface area contributed by atoms with Crippen molar-refractivity contribution in [2.75, 3.05) is 13.6 Å². The highest BCUT2D eigenvalue weighted by Crippen LogP contribution is 2.14. The Morgan fingerprint density at radius 3 is 2.43 bits per heavy atom. The number of pyridine rings is 1. The normalized spacial score (nSPS) is 11.2. The summed E-state index contributed by atoms with van der Waals surface area (Å²) in [4.78, 5) is 17.2. The van der Waals surface area contributed by atoms with Crippen LogP contribution >= 0.6 is 0 Å². The number of hydrogen-bond acceptors (Lipinski definition) is 3. The van der Waals surface area contributed by atoms with Gasteiger partial charge < -0.3 is 5.32 Å². The number of benzene rings is 1. The highest BCUT2D eigenvalue weighted by molar-refractivity contribution is 5.76. The van der Waals surface area contributed by atoms with E-state index in [0.717, 1.165) is 42.7 Å². The lowest BCUT2D eigenvalue weighted by atomic mass is 10.3. The van der Waals surface area contributed by atoms with Crippen molar-refractivity contribution < 1.29 is 0 Å². The van der Waals surface area contributed by atoms with E-state index < -0.39 is 0 Å². The minimum Gasteiger partial charge on any atom is -0.320 e. The molecule has 0 aliphatic heterocycles. The van der Waals surface area contributed by atoms with Gasteiger partial charge >= 0.3 is 5.69 Å². The maximum atomic E-state index is 12.8. The van der Waals surface area contributed by atoms with Crippen molar-refractivity contribution in [3.63, 3.8) is 0 Å². The Morgan fingerprint density at radius 2 is 1.74 bits per heavy atom. The van der Waals surface area contributed by atoms with Crippen LogP contribution in [0.1, 0.15) is 18.5 Å². The zero-order valence-electron chi connectivity index (χ0n) is 13.4. The van der Waals surface area contributed by atoms with Gasteiger partial charge in [0.1, 0.15) is 0 Å². The SMILES string of the molecule is CNCCCCn1c(=O)n(Cc2ccccn2)c2ccccc21. The van der Waals surface area contributed by atoms with E-state index >= 15 is 0 Å². The van der Waals surface area contributed by atoms with Crippen molar-refractivity contribution in [1.82, 2.24) is 19.4 Å². The number of nitrogens with zero attached hydrogens (tertiary/aromatic N) is 3. The van der Waals surface area contributed by atoms with Crippen LogP contribution < -0.4 is 11.0 Å². The van der Waals surface area contributed by atoms with Gasteiger partial charge in [-0.1, -0.05) is 18.2 Å². The van der Waals surface area contributed by atoms with Crippen molar-refractivity contribution in [3.05, 3.63) is 64.8 Å². The van der Waals surface area contributed by atoms with Gasteiger partial charge in [0.15, 0.2) is 0 Å². The molecule has 0 spiro atoms. The van der Waals surface area contributed by atoms with Crippen LogP contribution in [0, 0.1) is 0 Å². The quantitative estimate of drug-likeness (QED) is 0.681. The van der Waals surface area contributed by atoms with E-state index in [-0.39, 0.29) is 5.69 Å². The Labute approximate surface area is 135 Å². The number of fused-ring (bicyclic) bond motifs is 1. The second kappa shape index (κ2) is 7.24. The van der Waals surface area contributed by atoms with Crippen LogP contribution in [-0.4, -0.2) is 27.7 Å². The van der Waals surface area contributed by atoms with Gasteiger partial charge in [0.05, 0.1) is 23.3 Å². The van der Waals surface area contributed by atoms with E-state index in [0.29, 0.717) is 6.54 Å². The highest BCUT2D eigenvalue weighted by Gasteiger charge is 2.12. The standard InChI is InChI=1S/C18H22N4O/c1-19-11-6-7-13-21-16-9-2-3-10-17(16)22(18(21)23)14-15-8-4-5-12-20-15/h2-5,8-10,12,19H,6-7,11,13-14H2,1H3. The van der Waals surface area contributed by atoms with Crippen molar-refractivity contribution >= 4 is 11.0 Å². The summed E-state index contributed by atoms with van der Waals surface area (Å²) in [5.74, 6) is 0. The molecule has 5 nitrogen and oxygen atoms in total. The fraction of sp³-hybridized carbons (Fsp3) is 0.333. The summed E-state index contributed by atoms with van der Waals surface area (Å²) in [7, 11) is 1.95. The molecule has 0 atom stereocenters. The summed E-state index contributed by atoms with van der Waals surface area (Å²) in [6.45, 7) is 2.22. The van der Waals surface area contributed by atoms with E-state index in [9.17, 15) is 4.79 Å². The predicted octanol–water partition coefficient (Wildman–Crippen LogP) is 2.25. The molecule has 2 heterocycles. The summed E-state index contributed by atoms with van der Waals surface area (Å²) in [6, 6.07) is 13.8. The maximum absolute atomic E-state index is 12.8. The van der Waals surface area contributed by atoms with Crippen LogP contribution in [0.4, 0.5) is 0 Å². The number of aryl methyl sites for hydroxylation is 1. The third-order valence-corrected chi connectivity index (χ3v) is 4.03. The Balaban J connectivity index is 1.95. The monoisotopic (exact) mass is 310 g/mol. The van der Waals surface area contributed by atoms with Crippen LogP contribution in [0.15, 0.2) is 53.5 Å². The van der Waals surface area contributed by atoms with Gasteiger partial charge in [-0.3, -0.25) is 14.1 Å². The minimum atomic E-state index is 0.0429. The van der Waals surface area contributed by atoms with Gasteiger partial charge in [0.2, 0.25) is 0 Å². The smallest absolute Gasteiger partial charge is 0.320 e. The zero-order valence-corrected chi connectivity index (χ0v) is 13.4. The molecule has 5 heteroatoms. The molecular formula is C18H22N4O. The molecule has 1 aromatic carbocycles. The number of para-hydroxylation sites is 2. The van der Waals surface area contributed by atoms with Gasteiger partial charge in [-0.15, -0.1) is 0 Å². The summed E-state index contributed by atoms with van der Waals surface area (Å²) < 4.78 is 3.70. The molecule has 0 bridgehead atoms. The topological polar surface area (TPSA) is 51.9 Å². The third-order valence-electron chi connectivity index (χ3n) is 4.03. The van der Waals surface area contributed by atoms with Crippen LogP contribution in [0.3, 0.4) is 0 Å². The van der Waals surface area contributed by atoms with E-state index in [4.69, 9.17) is 0 Å². The first-order chi connectivity index (χ1) is 11.3. The Kier molecular flexibility index (Phi) is 4.88. The molecule has 0 fully saturated rings. The Hall–Kier alpha value is -2.40. The van der Waals surface area contributed by atoms with Crippen LogP contribution in [0.5, 0.6) is 0 Å². The molecule has 23 heavy (non-hydrogen) atoms. The van der Waals surface area contributed by atoms with E-state index in [2.05, 4.69) is 10.3 Å². The first kappa shape index (κ1) is 15.5. The molecule has 3 aromatic rings. The van der Waals surface area contributed by atoms with Gasteiger partial charge in [0, 0.05) is 12.7 Å². The molecule has 0 saturated heterocycles. The first-order valence-corrected chi connectivity index (χ1v) is 8.04. The predicted molar refractivity (Wildman–Crippen MR) is 92.7 cm³/mol. The van der Waals surface area contributed by atoms with Gasteiger partial charge in [-0.2, -0.15) is 0 Å². The molecule has 0 amide bonds. The molecule has 2 aromatic heterocycles. The van der Waals surface area contributed by atoms with E-state index in [1.807, 2.05) is 58.6 Å². The fourth-order valence-electron chi connectivity index (χ4n) is 2.87. The lowest BCUT2D eigenvalue weighted by Gasteiger charge is -2.03. The molecular weight excluding hydrogens is 288 g/mol. The number of nitrogens with one attached hydrogen (secondary N) is 1. The largest absolute Gasteiger partial charge is 0.329 e. The number of rotatable bonds is 7. The molecule has 1 N–H and O–H groups in total. The van der Waals surface area contributed by atoms with Crippen molar-refractivity contribution in [1.29, 1.82) is 0 Å². The molecule has 0 aliphatic rings. The lowest BCUT2D eigenvalue weighted by Crippen LogP contribution is -2.25. The summed E-state index contributed by atoms with van der Waals surface area (Å²) >= 11 is 0. The van der Waals surface area contributed by atoms with Crippen LogP contribution in [-0.2, 0) is 13.1 Å². The Morgan fingerprint density at radius 1 is 1.00 bits per heavy atom. The lowest BCUT2D eigenvalue weighted by molar-refractivity contribution is 0.575. The van der Waals surface area contributed by atoms with Crippen molar-refractivity contribution in [3.8, 4) is 0 Å². The fourth-order valence-corrected chi connectivity index (χ4v) is 2.87. The van der Waals surface area contributed by atoms with Crippen LogP contribution in [0.2, 0.25) is 0 Å². The summed E-state index contributed by atoms with van der Waals surface area (Å²) in [6.07, 6.45) is 3.80. The molecule has 0 unspecified atom stereocenters. The molecule has 3 rings (SSSR count). The molecule has 120 valence electrons. The van der Waals surface area contributed by atoms with Crippen LogP contribution in [0.25, 0.3) is 11.0 Å². The Bertz CT molecular complexity index is 820. The molecule has 0 aliphatic carbocycles. The van der Waals surface area contributed by atoms with Gasteiger partial charge in [0.25, 0.3) is 0 Å². The van der Waals surface area contributed by atoms with Crippen molar-refractivity contribution in [2.45, 2.75) is 25.9 Å². The van der Waals surface area contributed by atoms with E-state index in [1.54, 1.807) is 6.20 Å². The summed E-state index contributed by atoms with van der Waals surface area (Å²) in [5, 5.41) is 3.14. The molecule has 0 radical (unpaired) electrons. The minimum absolute atomic E-state index is 0.0429. The van der Waals surface area contributed by atoms with Gasteiger partial charge in [-0.25, -0.2) is 4.79 Å². The van der Waals surface area contributed by atoms with E-state index in [1.165, 1.54) is 0 Å². The zero-order chi connectivity index (χ0) is 16.1. The third kappa shape index (κ3) is 3.35. The number of imidazole rings is 1. The average Bonchev–Trinajstić information content (AvgIpc) is 2.85. The number of unbranched alkanes of at least 4 members (excludes halogenated alkanes) is 1.